The van der Waals surface area contributed by atoms with Crippen LogP contribution in [0.15, 0.2) is 66.7 Å². The number of anilines is 1. The van der Waals surface area contributed by atoms with Crippen molar-refractivity contribution in [2.45, 2.75) is 38.5 Å². The molecule has 166 valence electrons. The first-order valence-corrected chi connectivity index (χ1v) is 11.0. The van der Waals surface area contributed by atoms with Crippen LogP contribution in [0, 0.1) is 5.92 Å². The van der Waals surface area contributed by atoms with E-state index in [9.17, 15) is 4.79 Å². The standard InChI is InChI=1S/C24H32N4O3/c29-24(27-30)13-6-1-2-9-17-28(22-12-7-8-15-25-22)23-18-21(14-16-26-23)31-19-20-10-4-3-5-11-20/h3-5,7-8,10,12,14,16,18,20,25,30H,1-2,6,9,11,13,15,17,19H2,(H,27,29). The highest BCUT2D eigenvalue weighted by Gasteiger charge is 2.15. The first-order chi connectivity index (χ1) is 15.3. The maximum atomic E-state index is 11.1. The van der Waals surface area contributed by atoms with Crippen molar-refractivity contribution in [1.82, 2.24) is 15.8 Å². The molecule has 2 heterocycles. The quantitative estimate of drug-likeness (QED) is 0.268. The van der Waals surface area contributed by atoms with Crippen molar-refractivity contribution in [3.63, 3.8) is 0 Å². The molecule has 3 N–H and O–H groups in total. The molecular weight excluding hydrogens is 392 g/mol. The predicted octanol–water partition coefficient (Wildman–Crippen LogP) is 3.86. The molecule has 31 heavy (non-hydrogen) atoms. The third kappa shape index (κ3) is 7.61. The van der Waals surface area contributed by atoms with E-state index in [0.29, 0.717) is 18.9 Å². The van der Waals surface area contributed by atoms with Gasteiger partial charge in [-0.1, -0.05) is 49.3 Å². The van der Waals surface area contributed by atoms with Gasteiger partial charge in [0.2, 0.25) is 5.91 Å². The van der Waals surface area contributed by atoms with Crippen molar-refractivity contribution in [2.24, 2.45) is 5.92 Å². The fourth-order valence-electron chi connectivity index (χ4n) is 3.55. The van der Waals surface area contributed by atoms with E-state index in [0.717, 1.165) is 62.6 Å². The fraction of sp³-hybridized carbons (Fsp3) is 0.417. The van der Waals surface area contributed by atoms with Crippen LogP contribution in [0.4, 0.5) is 5.82 Å². The Labute approximate surface area is 184 Å². The summed E-state index contributed by atoms with van der Waals surface area (Å²) in [5, 5.41) is 12.0. The number of hydrogen-bond donors (Lipinski definition) is 3. The van der Waals surface area contributed by atoms with Crippen LogP contribution in [0.1, 0.15) is 38.5 Å². The minimum Gasteiger partial charge on any atom is -0.493 e. The zero-order valence-corrected chi connectivity index (χ0v) is 17.9. The van der Waals surface area contributed by atoms with Gasteiger partial charge in [0.1, 0.15) is 17.4 Å². The summed E-state index contributed by atoms with van der Waals surface area (Å²) in [6.45, 7) is 2.25. The number of nitrogens with zero attached hydrogens (tertiary/aromatic N) is 2. The van der Waals surface area contributed by atoms with Gasteiger partial charge in [0, 0.05) is 37.7 Å². The van der Waals surface area contributed by atoms with E-state index < -0.39 is 0 Å². The average Bonchev–Trinajstić information content (AvgIpc) is 2.83. The van der Waals surface area contributed by atoms with E-state index in [-0.39, 0.29) is 5.91 Å². The van der Waals surface area contributed by atoms with Gasteiger partial charge < -0.3 is 15.0 Å². The van der Waals surface area contributed by atoms with Crippen LogP contribution in [0.5, 0.6) is 5.75 Å². The van der Waals surface area contributed by atoms with Crippen LogP contribution in [0.3, 0.4) is 0 Å². The number of carbonyl (C=O) groups excluding carboxylic acids is 1. The molecule has 7 heteroatoms. The highest BCUT2D eigenvalue weighted by atomic mass is 16.5. The SMILES string of the molecule is O=C(CCCCCCN(C1=CC=CCN1)c1cc(OCC2C=CC=CC2)ccn1)NO. The Morgan fingerprint density at radius 3 is 2.90 bits per heavy atom. The van der Waals surface area contributed by atoms with Crippen LogP contribution >= 0.6 is 0 Å². The lowest BCUT2D eigenvalue weighted by atomic mass is 10.0. The van der Waals surface area contributed by atoms with Crippen LogP contribution in [0.25, 0.3) is 0 Å². The van der Waals surface area contributed by atoms with E-state index in [1.54, 1.807) is 11.7 Å². The van der Waals surface area contributed by atoms with E-state index in [1.807, 2.05) is 12.1 Å². The summed E-state index contributed by atoms with van der Waals surface area (Å²) in [5.41, 5.74) is 1.68. The number of nitrogens with one attached hydrogen (secondary N) is 2. The van der Waals surface area contributed by atoms with Gasteiger partial charge in [-0.3, -0.25) is 10.0 Å². The van der Waals surface area contributed by atoms with Gasteiger partial charge in [0.05, 0.1) is 6.61 Å². The topological polar surface area (TPSA) is 86.7 Å². The summed E-state index contributed by atoms with van der Waals surface area (Å²) in [5.74, 6) is 2.77. The number of pyridine rings is 1. The monoisotopic (exact) mass is 424 g/mol. The second kappa shape index (κ2) is 12.6. The summed E-state index contributed by atoms with van der Waals surface area (Å²) in [6.07, 6.45) is 21.5. The van der Waals surface area contributed by atoms with Crippen LogP contribution in [0.2, 0.25) is 0 Å². The molecule has 1 aromatic heterocycles. The Kier molecular flexibility index (Phi) is 9.19. The van der Waals surface area contributed by atoms with Crippen molar-refractivity contribution in [3.05, 3.63) is 66.7 Å². The van der Waals surface area contributed by atoms with Crippen LogP contribution < -0.4 is 20.4 Å². The molecule has 1 aliphatic heterocycles. The van der Waals surface area contributed by atoms with Crippen molar-refractivity contribution < 1.29 is 14.7 Å². The summed E-state index contributed by atoms with van der Waals surface area (Å²) in [4.78, 5) is 17.9. The number of dihydropyridines is 1. The summed E-state index contributed by atoms with van der Waals surface area (Å²) >= 11 is 0. The molecule has 0 aromatic carbocycles. The number of hydroxylamine groups is 1. The summed E-state index contributed by atoms with van der Waals surface area (Å²) in [7, 11) is 0. The second-order valence-corrected chi connectivity index (χ2v) is 7.68. The highest BCUT2D eigenvalue weighted by Crippen LogP contribution is 2.24. The van der Waals surface area contributed by atoms with E-state index in [2.05, 4.69) is 57.7 Å². The number of ether oxygens (including phenoxy) is 1. The van der Waals surface area contributed by atoms with Crippen molar-refractivity contribution in [2.75, 3.05) is 24.6 Å². The maximum Gasteiger partial charge on any atom is 0.243 e. The Morgan fingerprint density at radius 1 is 1.23 bits per heavy atom. The number of hydrogen-bond acceptors (Lipinski definition) is 6. The first-order valence-electron chi connectivity index (χ1n) is 11.0. The lowest BCUT2D eigenvalue weighted by Crippen LogP contribution is -2.34. The van der Waals surface area contributed by atoms with Crippen molar-refractivity contribution in [3.8, 4) is 5.75 Å². The number of amides is 1. The van der Waals surface area contributed by atoms with Crippen LogP contribution in [-0.2, 0) is 4.79 Å². The second-order valence-electron chi connectivity index (χ2n) is 7.68. The molecule has 0 saturated heterocycles. The minimum absolute atomic E-state index is 0.328. The molecule has 0 spiro atoms. The highest BCUT2D eigenvalue weighted by molar-refractivity contribution is 5.74. The zero-order valence-electron chi connectivity index (χ0n) is 17.9. The molecule has 1 aromatic rings. The Hall–Kier alpha value is -3.06. The fourth-order valence-corrected chi connectivity index (χ4v) is 3.55. The predicted molar refractivity (Wildman–Crippen MR) is 122 cm³/mol. The lowest BCUT2D eigenvalue weighted by molar-refractivity contribution is -0.129. The normalized spacial score (nSPS) is 17.1. The average molecular weight is 425 g/mol. The van der Waals surface area contributed by atoms with Gasteiger partial charge in [-0.2, -0.15) is 0 Å². The molecule has 7 nitrogen and oxygen atoms in total. The van der Waals surface area contributed by atoms with E-state index >= 15 is 0 Å². The van der Waals surface area contributed by atoms with E-state index in [4.69, 9.17) is 9.94 Å². The van der Waals surface area contributed by atoms with Crippen molar-refractivity contribution in [1.29, 1.82) is 0 Å². The van der Waals surface area contributed by atoms with Gasteiger partial charge in [-0.15, -0.1) is 0 Å². The van der Waals surface area contributed by atoms with Gasteiger partial charge in [0.25, 0.3) is 0 Å². The van der Waals surface area contributed by atoms with Gasteiger partial charge in [0.15, 0.2) is 0 Å². The summed E-state index contributed by atoms with van der Waals surface area (Å²) < 4.78 is 6.05. The van der Waals surface area contributed by atoms with E-state index in [1.165, 1.54) is 0 Å². The third-order valence-corrected chi connectivity index (χ3v) is 5.27. The lowest BCUT2D eigenvalue weighted by Gasteiger charge is -2.28. The van der Waals surface area contributed by atoms with Gasteiger partial charge in [-0.25, -0.2) is 10.5 Å². The molecule has 1 amide bonds. The number of allylic oxidation sites excluding steroid dienone is 5. The molecule has 2 aliphatic rings. The number of aromatic nitrogens is 1. The number of carbonyl (C=O) groups is 1. The molecular formula is C24H32N4O3. The third-order valence-electron chi connectivity index (χ3n) is 5.27. The largest absolute Gasteiger partial charge is 0.493 e. The van der Waals surface area contributed by atoms with Crippen molar-refractivity contribution >= 4 is 11.7 Å². The Morgan fingerprint density at radius 2 is 2.13 bits per heavy atom. The molecule has 0 radical (unpaired) electrons. The molecule has 3 rings (SSSR count). The minimum atomic E-state index is -0.328. The molecule has 1 aliphatic carbocycles. The Bertz CT molecular complexity index is 832. The van der Waals surface area contributed by atoms with Gasteiger partial charge >= 0.3 is 0 Å². The molecule has 0 fully saturated rings. The smallest absolute Gasteiger partial charge is 0.243 e. The molecule has 0 bridgehead atoms. The molecule has 1 unspecified atom stereocenters. The van der Waals surface area contributed by atoms with Gasteiger partial charge in [-0.05, 0) is 31.4 Å². The number of unbranched alkanes of at least 4 members (excludes halogenated alkanes) is 3. The Balaban J connectivity index is 1.57. The molecule has 1 atom stereocenters. The van der Waals surface area contributed by atoms with Crippen LogP contribution in [-0.4, -0.2) is 35.8 Å². The maximum absolute atomic E-state index is 11.1. The molecule has 0 saturated carbocycles. The first kappa shape index (κ1) is 22.6. The summed E-state index contributed by atoms with van der Waals surface area (Å²) in [6, 6.07) is 3.90. The zero-order chi connectivity index (χ0) is 21.7. The number of rotatable bonds is 12.